The molecule has 1 N–H and O–H groups in total. The maximum absolute atomic E-state index is 5.40. The van der Waals surface area contributed by atoms with Crippen molar-refractivity contribution in [3.63, 3.8) is 0 Å². The Morgan fingerprint density at radius 1 is 1.27 bits per heavy atom. The highest BCUT2D eigenvalue weighted by Crippen LogP contribution is 2.20. The molecular weight excluding hydrogens is 324 g/mol. The highest BCUT2D eigenvalue weighted by Gasteiger charge is 2.17. The van der Waals surface area contributed by atoms with Gasteiger partial charge in [0, 0.05) is 26.2 Å². The van der Waals surface area contributed by atoms with E-state index >= 15 is 0 Å². The van der Waals surface area contributed by atoms with Gasteiger partial charge in [-0.2, -0.15) is 0 Å². The van der Waals surface area contributed by atoms with Crippen molar-refractivity contribution >= 4 is 12.0 Å². The lowest BCUT2D eigenvalue weighted by Gasteiger charge is -2.31. The van der Waals surface area contributed by atoms with E-state index in [1.165, 1.54) is 11.1 Å². The predicted molar refractivity (Wildman–Crippen MR) is 106 cm³/mol. The molecule has 0 bridgehead atoms. The monoisotopic (exact) mass is 352 g/mol. The molecule has 26 heavy (non-hydrogen) atoms. The molecule has 0 atom stereocenters. The van der Waals surface area contributed by atoms with Gasteiger partial charge in [-0.25, -0.2) is 0 Å². The van der Waals surface area contributed by atoms with E-state index in [4.69, 9.17) is 4.52 Å². The fourth-order valence-corrected chi connectivity index (χ4v) is 3.12. The van der Waals surface area contributed by atoms with Gasteiger partial charge < -0.3 is 14.7 Å². The number of likely N-dealkylation sites (tertiary alicyclic amines) is 1. The molecule has 3 rings (SSSR count). The zero-order valence-electron chi connectivity index (χ0n) is 15.9. The number of hydrogen-bond donors (Lipinski definition) is 1. The molecule has 0 aliphatic carbocycles. The Labute approximate surface area is 155 Å². The first kappa shape index (κ1) is 18.2. The summed E-state index contributed by atoms with van der Waals surface area (Å²) in [7, 11) is 1.83. The van der Waals surface area contributed by atoms with Gasteiger partial charge in [0.2, 0.25) is 0 Å². The van der Waals surface area contributed by atoms with Crippen molar-refractivity contribution in [2.45, 2.75) is 39.2 Å². The minimum absolute atomic E-state index is 0.378. The predicted octanol–water partition coefficient (Wildman–Crippen LogP) is 4.05. The molecule has 138 valence electrons. The molecule has 5 nitrogen and oxygen atoms in total. The summed E-state index contributed by atoms with van der Waals surface area (Å²) in [6.07, 6.45) is 4.44. The van der Waals surface area contributed by atoms with E-state index in [1.54, 1.807) is 0 Å². The molecule has 1 fully saturated rings. The minimum Gasteiger partial charge on any atom is -0.359 e. The lowest BCUT2D eigenvalue weighted by molar-refractivity contribution is 0.356. The lowest BCUT2D eigenvalue weighted by Crippen LogP contribution is -2.44. The van der Waals surface area contributed by atoms with Crippen molar-refractivity contribution in [2.75, 3.05) is 20.1 Å². The summed E-state index contributed by atoms with van der Waals surface area (Å²) in [5.74, 6) is 2.14. The molecule has 0 spiro atoms. The van der Waals surface area contributed by atoms with Crippen molar-refractivity contribution in [2.24, 2.45) is 4.99 Å². The molecule has 1 aliphatic heterocycles. The largest absolute Gasteiger partial charge is 0.359 e. The fraction of sp³-hybridized carbons (Fsp3) is 0.429. The Kier molecular flexibility index (Phi) is 6.10. The average Bonchev–Trinajstić information content (AvgIpc) is 3.14. The molecule has 5 heteroatoms. The number of rotatable bonds is 4. The van der Waals surface area contributed by atoms with Crippen LogP contribution in [0.5, 0.6) is 0 Å². The Morgan fingerprint density at radius 2 is 2.00 bits per heavy atom. The van der Waals surface area contributed by atoms with Gasteiger partial charge in [0.05, 0.1) is 12.2 Å². The average molecular weight is 352 g/mol. The third-order valence-corrected chi connectivity index (χ3v) is 4.68. The first-order valence-electron chi connectivity index (χ1n) is 9.31. The molecule has 2 heterocycles. The van der Waals surface area contributed by atoms with E-state index in [-0.39, 0.29) is 0 Å². The van der Waals surface area contributed by atoms with Gasteiger partial charge in [0.25, 0.3) is 0 Å². The van der Waals surface area contributed by atoms with Gasteiger partial charge in [-0.05, 0) is 24.3 Å². The van der Waals surface area contributed by atoms with Crippen molar-refractivity contribution < 1.29 is 4.52 Å². The molecule has 1 saturated heterocycles. The zero-order valence-corrected chi connectivity index (χ0v) is 15.9. The summed E-state index contributed by atoms with van der Waals surface area (Å²) in [6.45, 7) is 6.79. The summed E-state index contributed by atoms with van der Waals surface area (Å²) in [6, 6.07) is 12.6. The van der Waals surface area contributed by atoms with Gasteiger partial charge in [0.1, 0.15) is 0 Å². The summed E-state index contributed by atoms with van der Waals surface area (Å²) >= 11 is 0. The number of nitrogens with zero attached hydrogens (tertiary/aromatic N) is 3. The number of nitrogens with one attached hydrogen (secondary N) is 1. The second-order valence-electron chi connectivity index (χ2n) is 6.97. The van der Waals surface area contributed by atoms with E-state index in [9.17, 15) is 0 Å². The van der Waals surface area contributed by atoms with Gasteiger partial charge in [-0.15, -0.1) is 0 Å². The number of aromatic nitrogens is 1. The number of piperidine rings is 1. The van der Waals surface area contributed by atoms with Crippen LogP contribution in [0.15, 0.2) is 51.5 Å². The van der Waals surface area contributed by atoms with Gasteiger partial charge in [-0.3, -0.25) is 4.99 Å². The van der Waals surface area contributed by atoms with Crippen LogP contribution in [0.25, 0.3) is 6.08 Å². The van der Waals surface area contributed by atoms with Crippen LogP contribution in [0.4, 0.5) is 0 Å². The Bertz CT molecular complexity index is 751. The van der Waals surface area contributed by atoms with Crippen molar-refractivity contribution in [1.29, 1.82) is 0 Å². The van der Waals surface area contributed by atoms with E-state index in [0.717, 1.165) is 43.3 Å². The van der Waals surface area contributed by atoms with Crippen LogP contribution < -0.4 is 5.32 Å². The molecule has 0 amide bonds. The summed E-state index contributed by atoms with van der Waals surface area (Å²) < 4.78 is 5.40. The van der Waals surface area contributed by atoms with Gasteiger partial charge >= 0.3 is 0 Å². The number of hydrogen-bond acceptors (Lipinski definition) is 3. The Hall–Kier alpha value is -2.56. The summed E-state index contributed by atoms with van der Waals surface area (Å²) in [5.41, 5.74) is 3.77. The highest BCUT2D eigenvalue weighted by atomic mass is 16.5. The topological polar surface area (TPSA) is 53.7 Å². The standard InChI is InChI=1S/C21H28N4O/c1-16(2)20-14-19(26-24-20)15-23-21(22-3)25-11-9-18(10-12-25)13-17-7-5-4-6-8-17/h4-8,13-14,16H,9-12,15H2,1-3H3,(H,22,23). The second-order valence-corrected chi connectivity index (χ2v) is 6.97. The van der Waals surface area contributed by atoms with Crippen molar-refractivity contribution in [3.8, 4) is 0 Å². The normalized spacial score (nSPS) is 15.5. The fourth-order valence-electron chi connectivity index (χ4n) is 3.12. The van der Waals surface area contributed by atoms with Crippen LogP contribution in [0, 0.1) is 0 Å². The van der Waals surface area contributed by atoms with Crippen molar-refractivity contribution in [1.82, 2.24) is 15.4 Å². The van der Waals surface area contributed by atoms with Crippen molar-refractivity contribution in [3.05, 3.63) is 59.0 Å². The highest BCUT2D eigenvalue weighted by molar-refractivity contribution is 5.80. The maximum atomic E-state index is 5.40. The number of aliphatic imine (C=N–C) groups is 1. The molecule has 1 aromatic heterocycles. The first-order chi connectivity index (χ1) is 12.7. The lowest BCUT2D eigenvalue weighted by atomic mass is 10.0. The quantitative estimate of drug-likeness (QED) is 0.666. The molecule has 0 saturated carbocycles. The Balaban J connectivity index is 1.52. The summed E-state index contributed by atoms with van der Waals surface area (Å²) in [5, 5.41) is 7.50. The molecule has 2 aromatic rings. The molecule has 1 aliphatic rings. The third-order valence-electron chi connectivity index (χ3n) is 4.68. The van der Waals surface area contributed by atoms with E-state index < -0.39 is 0 Å². The third kappa shape index (κ3) is 4.75. The number of guanidine groups is 1. The molecule has 1 aromatic carbocycles. The Morgan fingerprint density at radius 3 is 2.62 bits per heavy atom. The molecule has 0 radical (unpaired) electrons. The number of benzene rings is 1. The second kappa shape index (κ2) is 8.70. The van der Waals surface area contributed by atoms with E-state index in [1.807, 2.05) is 13.1 Å². The maximum Gasteiger partial charge on any atom is 0.194 e. The molecular formula is C21H28N4O. The van der Waals surface area contributed by atoms with Crippen LogP contribution in [-0.2, 0) is 6.54 Å². The van der Waals surface area contributed by atoms with Gasteiger partial charge in [-0.1, -0.05) is 61.0 Å². The van der Waals surface area contributed by atoms with Crippen LogP contribution in [0.3, 0.4) is 0 Å². The van der Waals surface area contributed by atoms with Crippen LogP contribution >= 0.6 is 0 Å². The molecule has 0 unspecified atom stereocenters. The van der Waals surface area contributed by atoms with E-state index in [2.05, 4.69) is 70.6 Å². The smallest absolute Gasteiger partial charge is 0.194 e. The van der Waals surface area contributed by atoms with Gasteiger partial charge in [0.15, 0.2) is 11.7 Å². The minimum atomic E-state index is 0.378. The zero-order chi connectivity index (χ0) is 18.4. The first-order valence-corrected chi connectivity index (χ1v) is 9.31. The summed E-state index contributed by atoms with van der Waals surface area (Å²) in [4.78, 5) is 6.74. The van der Waals surface area contributed by atoms with Crippen LogP contribution in [0.2, 0.25) is 0 Å². The van der Waals surface area contributed by atoms with Crippen LogP contribution in [0.1, 0.15) is 49.6 Å². The van der Waals surface area contributed by atoms with E-state index in [0.29, 0.717) is 12.5 Å². The SMILES string of the molecule is CN=C(NCc1cc(C(C)C)no1)N1CCC(=Cc2ccccc2)CC1. The van der Waals surface area contributed by atoms with Crippen LogP contribution in [-0.4, -0.2) is 36.2 Å².